The summed E-state index contributed by atoms with van der Waals surface area (Å²) in [6, 6.07) is 19.9. The topological polar surface area (TPSA) is 57.2 Å². The smallest absolute Gasteiger partial charge is 0.184 e. The monoisotopic (exact) mass is 372 g/mol. The molecular formula is C22H28O5. The summed E-state index contributed by atoms with van der Waals surface area (Å²) in [4.78, 5) is 0. The van der Waals surface area contributed by atoms with Crippen molar-refractivity contribution >= 4 is 0 Å². The van der Waals surface area contributed by atoms with Crippen LogP contribution in [-0.2, 0) is 32.2 Å². The van der Waals surface area contributed by atoms with E-state index in [1.54, 1.807) is 7.11 Å². The van der Waals surface area contributed by atoms with E-state index in [1.165, 1.54) is 0 Å². The van der Waals surface area contributed by atoms with E-state index in [-0.39, 0.29) is 0 Å². The van der Waals surface area contributed by atoms with Gasteiger partial charge in [-0.1, -0.05) is 67.6 Å². The van der Waals surface area contributed by atoms with Gasteiger partial charge < -0.3 is 24.1 Å². The van der Waals surface area contributed by atoms with Gasteiger partial charge in [0.15, 0.2) is 6.29 Å². The number of rotatable bonds is 9. The second kappa shape index (κ2) is 9.44. The standard InChI is InChI=1S/C22H28O5/c1-3-22(16-25-14-17-10-6-4-7-11-17)20(19(24-2)21(23)27-22)26-15-18-12-8-5-9-13-18/h4-13,19-21,23H,3,14-16H2,1-2H3/t19?,20?,21-,22-/m1/s1. The van der Waals surface area contributed by atoms with Crippen LogP contribution in [0.3, 0.4) is 0 Å². The lowest BCUT2D eigenvalue weighted by molar-refractivity contribution is -0.188. The predicted molar refractivity (Wildman–Crippen MR) is 102 cm³/mol. The minimum absolute atomic E-state index is 0.314. The summed E-state index contributed by atoms with van der Waals surface area (Å²) in [6.45, 7) is 3.22. The second-order valence-electron chi connectivity index (χ2n) is 6.82. The van der Waals surface area contributed by atoms with Crippen molar-refractivity contribution in [2.45, 2.75) is 50.7 Å². The summed E-state index contributed by atoms with van der Waals surface area (Å²) in [7, 11) is 1.56. The number of hydrogen-bond acceptors (Lipinski definition) is 5. The van der Waals surface area contributed by atoms with E-state index in [4.69, 9.17) is 18.9 Å². The highest BCUT2D eigenvalue weighted by Gasteiger charge is 2.55. The Labute approximate surface area is 160 Å². The summed E-state index contributed by atoms with van der Waals surface area (Å²) in [5, 5.41) is 10.4. The summed E-state index contributed by atoms with van der Waals surface area (Å²) < 4.78 is 23.5. The van der Waals surface area contributed by atoms with Gasteiger partial charge in [-0.3, -0.25) is 0 Å². The molecule has 5 heteroatoms. The molecular weight excluding hydrogens is 344 g/mol. The Balaban J connectivity index is 1.69. The van der Waals surface area contributed by atoms with Crippen LogP contribution in [-0.4, -0.2) is 42.9 Å². The molecule has 2 aromatic rings. The largest absolute Gasteiger partial charge is 0.374 e. The van der Waals surface area contributed by atoms with E-state index >= 15 is 0 Å². The molecule has 0 aliphatic carbocycles. The van der Waals surface area contributed by atoms with Gasteiger partial charge in [0.1, 0.15) is 17.8 Å². The third-order valence-electron chi connectivity index (χ3n) is 5.05. The normalized spacial score (nSPS) is 27.7. The van der Waals surface area contributed by atoms with Crippen molar-refractivity contribution in [3.63, 3.8) is 0 Å². The first-order valence-corrected chi connectivity index (χ1v) is 9.34. The zero-order chi connectivity index (χ0) is 19.1. The second-order valence-corrected chi connectivity index (χ2v) is 6.82. The molecule has 2 aromatic carbocycles. The molecule has 0 amide bonds. The molecule has 3 rings (SSSR count). The van der Waals surface area contributed by atoms with Crippen molar-refractivity contribution in [3.8, 4) is 0 Å². The molecule has 2 unspecified atom stereocenters. The van der Waals surface area contributed by atoms with Crippen molar-refractivity contribution in [3.05, 3.63) is 71.8 Å². The summed E-state index contributed by atoms with van der Waals surface area (Å²) in [5.74, 6) is 0. The molecule has 0 radical (unpaired) electrons. The van der Waals surface area contributed by atoms with Gasteiger partial charge in [-0.25, -0.2) is 0 Å². The van der Waals surface area contributed by atoms with Crippen LogP contribution in [0.5, 0.6) is 0 Å². The molecule has 5 nitrogen and oxygen atoms in total. The summed E-state index contributed by atoms with van der Waals surface area (Å²) in [5.41, 5.74) is 1.39. The summed E-state index contributed by atoms with van der Waals surface area (Å²) >= 11 is 0. The van der Waals surface area contributed by atoms with E-state index in [2.05, 4.69) is 0 Å². The summed E-state index contributed by atoms with van der Waals surface area (Å²) in [6.07, 6.45) is -1.40. The molecule has 0 bridgehead atoms. The zero-order valence-corrected chi connectivity index (χ0v) is 15.9. The van der Waals surface area contributed by atoms with Gasteiger partial charge in [0.05, 0.1) is 19.8 Å². The molecule has 1 saturated heterocycles. The average Bonchev–Trinajstić information content (AvgIpc) is 2.99. The maximum atomic E-state index is 10.4. The number of hydrogen-bond donors (Lipinski definition) is 1. The van der Waals surface area contributed by atoms with Gasteiger partial charge in [0, 0.05) is 7.11 Å². The van der Waals surface area contributed by atoms with Crippen LogP contribution in [0.15, 0.2) is 60.7 Å². The van der Waals surface area contributed by atoms with Crippen LogP contribution in [0.1, 0.15) is 24.5 Å². The molecule has 1 aliphatic heterocycles. The molecule has 146 valence electrons. The van der Waals surface area contributed by atoms with Crippen LogP contribution < -0.4 is 0 Å². The highest BCUT2D eigenvalue weighted by Crippen LogP contribution is 2.37. The van der Waals surface area contributed by atoms with Crippen molar-refractivity contribution in [1.29, 1.82) is 0 Å². The van der Waals surface area contributed by atoms with Gasteiger partial charge in [0.25, 0.3) is 0 Å². The zero-order valence-electron chi connectivity index (χ0n) is 15.9. The van der Waals surface area contributed by atoms with Gasteiger partial charge in [-0.15, -0.1) is 0 Å². The lowest BCUT2D eigenvalue weighted by Gasteiger charge is -2.33. The van der Waals surface area contributed by atoms with Crippen LogP contribution >= 0.6 is 0 Å². The SMILES string of the molecule is CC[C@]1(COCc2ccccc2)O[C@@H](O)C(OC)C1OCc1ccccc1. The first-order chi connectivity index (χ1) is 13.2. The fourth-order valence-corrected chi connectivity index (χ4v) is 3.49. The molecule has 27 heavy (non-hydrogen) atoms. The van der Waals surface area contributed by atoms with Gasteiger partial charge in [0.2, 0.25) is 0 Å². The molecule has 1 heterocycles. The highest BCUT2D eigenvalue weighted by atomic mass is 16.7. The number of aliphatic hydroxyl groups excluding tert-OH is 1. The quantitative estimate of drug-likeness (QED) is 0.732. The number of benzene rings is 2. The third-order valence-corrected chi connectivity index (χ3v) is 5.05. The lowest BCUT2D eigenvalue weighted by Crippen LogP contribution is -2.48. The van der Waals surface area contributed by atoms with Gasteiger partial charge >= 0.3 is 0 Å². The number of aliphatic hydroxyl groups is 1. The maximum Gasteiger partial charge on any atom is 0.184 e. The van der Waals surface area contributed by atoms with Crippen LogP contribution in [0, 0.1) is 0 Å². The van der Waals surface area contributed by atoms with Crippen LogP contribution in [0.2, 0.25) is 0 Å². The Hall–Kier alpha value is -1.76. The van der Waals surface area contributed by atoms with Crippen molar-refractivity contribution in [2.75, 3.05) is 13.7 Å². The molecule has 0 saturated carbocycles. The molecule has 0 aromatic heterocycles. The molecule has 4 atom stereocenters. The van der Waals surface area contributed by atoms with Crippen LogP contribution in [0.4, 0.5) is 0 Å². The number of ether oxygens (including phenoxy) is 4. The molecule has 1 aliphatic rings. The predicted octanol–water partition coefficient (Wildman–Crippen LogP) is 3.30. The Morgan fingerprint density at radius 3 is 2.11 bits per heavy atom. The van der Waals surface area contributed by atoms with E-state index in [0.29, 0.717) is 26.2 Å². The minimum Gasteiger partial charge on any atom is -0.374 e. The van der Waals surface area contributed by atoms with Crippen molar-refractivity contribution < 1.29 is 24.1 Å². The third kappa shape index (κ3) is 4.75. The van der Waals surface area contributed by atoms with E-state index < -0.39 is 24.1 Å². The molecule has 1 N–H and O–H groups in total. The Morgan fingerprint density at radius 1 is 0.963 bits per heavy atom. The van der Waals surface area contributed by atoms with E-state index in [0.717, 1.165) is 11.1 Å². The van der Waals surface area contributed by atoms with Gasteiger partial charge in [-0.2, -0.15) is 0 Å². The fraction of sp³-hybridized carbons (Fsp3) is 0.455. The van der Waals surface area contributed by atoms with Crippen molar-refractivity contribution in [2.24, 2.45) is 0 Å². The van der Waals surface area contributed by atoms with Crippen LogP contribution in [0.25, 0.3) is 0 Å². The highest BCUT2D eigenvalue weighted by molar-refractivity contribution is 5.14. The maximum absolute atomic E-state index is 10.4. The minimum atomic E-state index is -1.05. The Kier molecular flexibility index (Phi) is 6.99. The van der Waals surface area contributed by atoms with Crippen molar-refractivity contribution in [1.82, 2.24) is 0 Å². The Morgan fingerprint density at radius 2 is 1.56 bits per heavy atom. The lowest BCUT2D eigenvalue weighted by atomic mass is 9.93. The van der Waals surface area contributed by atoms with E-state index in [9.17, 15) is 5.11 Å². The van der Waals surface area contributed by atoms with E-state index in [1.807, 2.05) is 67.6 Å². The number of methoxy groups -OCH3 is 1. The molecule has 1 fully saturated rings. The fourth-order valence-electron chi connectivity index (χ4n) is 3.49. The first kappa shape index (κ1) is 20.0. The molecule has 0 spiro atoms. The average molecular weight is 372 g/mol. The Bertz CT molecular complexity index is 678. The first-order valence-electron chi connectivity index (χ1n) is 9.34. The van der Waals surface area contributed by atoms with Gasteiger partial charge in [-0.05, 0) is 17.5 Å².